The lowest BCUT2D eigenvalue weighted by atomic mass is 10.1. The van der Waals surface area contributed by atoms with Gasteiger partial charge in [-0.1, -0.05) is 0 Å². The molecule has 1 atom stereocenters. The summed E-state index contributed by atoms with van der Waals surface area (Å²) in [6.07, 6.45) is 2.47. The molecule has 0 saturated carbocycles. The van der Waals surface area contributed by atoms with Crippen LogP contribution in [0, 0.1) is 0 Å². The highest BCUT2D eigenvalue weighted by Crippen LogP contribution is 2.21. The predicted octanol–water partition coefficient (Wildman–Crippen LogP) is 0.528. The highest BCUT2D eigenvalue weighted by atomic mass is 32.2. The molecular formula is C9H18N2O2S2. The van der Waals surface area contributed by atoms with E-state index in [4.69, 9.17) is 5.73 Å². The summed E-state index contributed by atoms with van der Waals surface area (Å²) in [5, 5.41) is 9.23. The largest absolute Gasteiger partial charge is 0.479 e. The van der Waals surface area contributed by atoms with Gasteiger partial charge in [-0.2, -0.15) is 23.5 Å². The maximum atomic E-state index is 11.2. The van der Waals surface area contributed by atoms with Crippen LogP contribution >= 0.6 is 23.5 Å². The molecule has 1 unspecified atom stereocenters. The van der Waals surface area contributed by atoms with E-state index in [1.807, 2.05) is 22.9 Å². The number of rotatable bonds is 5. The third-order valence-electron chi connectivity index (χ3n) is 2.63. The molecule has 0 aromatic rings. The molecule has 1 fully saturated rings. The first kappa shape index (κ1) is 13.2. The van der Waals surface area contributed by atoms with Crippen LogP contribution < -0.4 is 5.73 Å². The molecular weight excluding hydrogens is 232 g/mol. The zero-order chi connectivity index (χ0) is 11.3. The lowest BCUT2D eigenvalue weighted by Gasteiger charge is -2.39. The normalized spacial score (nSPS) is 22.3. The van der Waals surface area contributed by atoms with Crippen molar-refractivity contribution in [2.45, 2.75) is 12.1 Å². The van der Waals surface area contributed by atoms with Crippen LogP contribution in [0.15, 0.2) is 0 Å². The topological polar surface area (TPSA) is 66.6 Å². The molecule has 1 aliphatic rings. The molecule has 1 heterocycles. The second kappa shape index (κ2) is 5.98. The number of thioether (sulfide) groups is 2. The van der Waals surface area contributed by atoms with E-state index in [1.54, 1.807) is 11.8 Å². The van der Waals surface area contributed by atoms with Crippen LogP contribution in [0.5, 0.6) is 0 Å². The first-order valence-corrected chi connectivity index (χ1v) is 7.50. The Kier molecular flexibility index (Phi) is 5.25. The maximum absolute atomic E-state index is 11.2. The third kappa shape index (κ3) is 3.27. The summed E-state index contributed by atoms with van der Waals surface area (Å²) in [7, 11) is 0. The second-order valence-electron chi connectivity index (χ2n) is 3.57. The van der Waals surface area contributed by atoms with Gasteiger partial charge >= 0.3 is 5.97 Å². The van der Waals surface area contributed by atoms with Gasteiger partial charge in [0.25, 0.3) is 0 Å². The van der Waals surface area contributed by atoms with E-state index in [0.717, 1.165) is 30.3 Å². The summed E-state index contributed by atoms with van der Waals surface area (Å²) < 4.78 is 0. The van der Waals surface area contributed by atoms with Gasteiger partial charge in [-0.05, 0) is 18.4 Å². The van der Waals surface area contributed by atoms with E-state index < -0.39 is 11.6 Å². The Morgan fingerprint density at radius 3 is 2.67 bits per heavy atom. The standard InChI is InChI=1S/C9H18N2O2S2/c1-14-5-2-9(10,8(12)13)11-3-6-15-7-4-11/h2-7,10H2,1H3,(H,12,13). The molecule has 3 N–H and O–H groups in total. The second-order valence-corrected chi connectivity index (χ2v) is 5.78. The van der Waals surface area contributed by atoms with Crippen LogP contribution in [0.4, 0.5) is 0 Å². The molecule has 1 saturated heterocycles. The quantitative estimate of drug-likeness (QED) is 0.742. The van der Waals surface area contributed by atoms with E-state index in [9.17, 15) is 9.90 Å². The van der Waals surface area contributed by atoms with Crippen LogP contribution in [-0.4, -0.2) is 58.2 Å². The summed E-state index contributed by atoms with van der Waals surface area (Å²) in [4.78, 5) is 13.1. The Morgan fingerprint density at radius 1 is 1.60 bits per heavy atom. The maximum Gasteiger partial charge on any atom is 0.338 e. The summed E-state index contributed by atoms with van der Waals surface area (Å²) in [5.41, 5.74) is 4.84. The summed E-state index contributed by atoms with van der Waals surface area (Å²) in [6.45, 7) is 1.56. The molecule has 4 nitrogen and oxygen atoms in total. The zero-order valence-electron chi connectivity index (χ0n) is 8.94. The minimum absolute atomic E-state index is 0.508. The fourth-order valence-corrected chi connectivity index (χ4v) is 3.04. The Balaban J connectivity index is 2.65. The molecule has 0 amide bonds. The number of carbonyl (C=O) groups is 1. The number of carboxylic acid groups (broad SMARTS) is 1. The monoisotopic (exact) mass is 250 g/mol. The Labute approximate surface area is 99.0 Å². The van der Waals surface area contributed by atoms with E-state index in [0.29, 0.717) is 6.42 Å². The predicted molar refractivity (Wildman–Crippen MR) is 66.5 cm³/mol. The van der Waals surface area contributed by atoms with Crippen LogP contribution in [0.3, 0.4) is 0 Å². The van der Waals surface area contributed by atoms with Gasteiger partial charge in [0, 0.05) is 24.6 Å². The fourth-order valence-electron chi connectivity index (χ4n) is 1.62. The zero-order valence-corrected chi connectivity index (χ0v) is 10.6. The first-order valence-electron chi connectivity index (χ1n) is 4.95. The van der Waals surface area contributed by atoms with Crippen LogP contribution in [-0.2, 0) is 4.79 Å². The van der Waals surface area contributed by atoms with E-state index >= 15 is 0 Å². The van der Waals surface area contributed by atoms with Gasteiger partial charge in [-0.3, -0.25) is 4.90 Å². The number of carboxylic acids is 1. The van der Waals surface area contributed by atoms with Crippen molar-refractivity contribution >= 4 is 29.5 Å². The fraction of sp³-hybridized carbons (Fsp3) is 0.889. The van der Waals surface area contributed by atoms with Crippen LogP contribution in [0.2, 0.25) is 0 Å². The highest BCUT2D eigenvalue weighted by Gasteiger charge is 2.40. The minimum Gasteiger partial charge on any atom is -0.479 e. The number of aliphatic carboxylic acids is 1. The molecule has 1 aliphatic heterocycles. The molecule has 0 aromatic heterocycles. The molecule has 0 radical (unpaired) electrons. The molecule has 0 aliphatic carbocycles. The molecule has 1 rings (SSSR count). The Morgan fingerprint density at radius 2 is 2.20 bits per heavy atom. The Bertz CT molecular complexity index is 222. The highest BCUT2D eigenvalue weighted by molar-refractivity contribution is 7.99. The van der Waals surface area contributed by atoms with Crippen molar-refractivity contribution < 1.29 is 9.90 Å². The average Bonchev–Trinajstić information content (AvgIpc) is 2.27. The van der Waals surface area contributed by atoms with Crippen molar-refractivity contribution in [2.75, 3.05) is 36.6 Å². The molecule has 88 valence electrons. The van der Waals surface area contributed by atoms with Crippen molar-refractivity contribution in [3.05, 3.63) is 0 Å². The molecule has 15 heavy (non-hydrogen) atoms. The van der Waals surface area contributed by atoms with Crippen molar-refractivity contribution in [1.29, 1.82) is 0 Å². The van der Waals surface area contributed by atoms with E-state index in [-0.39, 0.29) is 0 Å². The number of nitrogens with zero attached hydrogens (tertiary/aromatic N) is 1. The van der Waals surface area contributed by atoms with Gasteiger partial charge in [0.05, 0.1) is 0 Å². The van der Waals surface area contributed by atoms with Gasteiger partial charge in [-0.15, -0.1) is 0 Å². The summed E-state index contributed by atoms with van der Waals surface area (Å²) >= 11 is 3.49. The molecule has 0 aromatic carbocycles. The van der Waals surface area contributed by atoms with E-state index in [2.05, 4.69) is 0 Å². The number of hydrogen-bond donors (Lipinski definition) is 2. The molecule has 0 bridgehead atoms. The van der Waals surface area contributed by atoms with Gasteiger partial charge in [0.2, 0.25) is 0 Å². The molecule has 0 spiro atoms. The smallest absolute Gasteiger partial charge is 0.338 e. The van der Waals surface area contributed by atoms with E-state index in [1.165, 1.54) is 0 Å². The van der Waals surface area contributed by atoms with Gasteiger partial charge in [-0.25, -0.2) is 4.79 Å². The SMILES string of the molecule is CSCCC(N)(C(=O)O)N1CCSCC1. The minimum atomic E-state index is -1.16. The van der Waals surface area contributed by atoms with Gasteiger partial charge in [0.1, 0.15) is 0 Å². The van der Waals surface area contributed by atoms with Crippen molar-refractivity contribution in [3.8, 4) is 0 Å². The van der Waals surface area contributed by atoms with Crippen molar-refractivity contribution in [2.24, 2.45) is 5.73 Å². The Hall–Kier alpha value is 0.0900. The summed E-state index contributed by atoms with van der Waals surface area (Å²) in [5.74, 6) is 1.84. The lowest BCUT2D eigenvalue weighted by molar-refractivity contribution is -0.151. The first-order chi connectivity index (χ1) is 7.11. The van der Waals surface area contributed by atoms with Gasteiger partial charge < -0.3 is 10.8 Å². The van der Waals surface area contributed by atoms with Crippen LogP contribution in [0.1, 0.15) is 6.42 Å². The van der Waals surface area contributed by atoms with Crippen molar-refractivity contribution in [1.82, 2.24) is 4.90 Å². The number of hydrogen-bond acceptors (Lipinski definition) is 5. The number of nitrogens with two attached hydrogens (primary N) is 1. The van der Waals surface area contributed by atoms with Crippen molar-refractivity contribution in [3.63, 3.8) is 0 Å². The third-order valence-corrected chi connectivity index (χ3v) is 4.19. The summed E-state index contributed by atoms with van der Waals surface area (Å²) in [6, 6.07) is 0. The molecule has 6 heteroatoms. The lowest BCUT2D eigenvalue weighted by Crippen LogP contribution is -2.63. The average molecular weight is 250 g/mol. The van der Waals surface area contributed by atoms with Gasteiger partial charge in [0.15, 0.2) is 5.66 Å². The van der Waals surface area contributed by atoms with Crippen LogP contribution in [0.25, 0.3) is 0 Å².